The molecule has 2 aromatic carbocycles. The number of hydrogen-bond acceptors (Lipinski definition) is 3. The zero-order valence-electron chi connectivity index (χ0n) is 21.4. The van der Waals surface area contributed by atoms with E-state index in [1.807, 2.05) is 42.2 Å². The molecule has 6 heteroatoms. The quantitative estimate of drug-likeness (QED) is 0.361. The lowest BCUT2D eigenvalue weighted by Gasteiger charge is -2.38. The van der Waals surface area contributed by atoms with Crippen LogP contribution in [-0.4, -0.2) is 46.4 Å². The Morgan fingerprint density at radius 1 is 1.00 bits per heavy atom. The van der Waals surface area contributed by atoms with Crippen LogP contribution >= 0.6 is 0 Å². The normalized spacial score (nSPS) is 14.8. The molecule has 36 heavy (non-hydrogen) atoms. The van der Waals surface area contributed by atoms with Gasteiger partial charge < -0.3 is 9.80 Å². The zero-order valence-corrected chi connectivity index (χ0v) is 21.4. The molecular formula is C30H35F2N3O. The van der Waals surface area contributed by atoms with Crippen molar-refractivity contribution in [1.29, 1.82) is 0 Å². The zero-order chi connectivity index (χ0) is 25.7. The number of aromatic nitrogens is 1. The summed E-state index contributed by atoms with van der Waals surface area (Å²) < 4.78 is 27.3. The number of amides is 1. The minimum Gasteiger partial charge on any atom is -0.330 e. The Hall–Kier alpha value is -3.12. The predicted molar refractivity (Wildman–Crippen MR) is 140 cm³/mol. The van der Waals surface area contributed by atoms with Crippen LogP contribution in [0, 0.1) is 24.5 Å². The number of hydrogen-bond donors (Lipinski definition) is 0. The van der Waals surface area contributed by atoms with Gasteiger partial charge >= 0.3 is 0 Å². The van der Waals surface area contributed by atoms with Crippen molar-refractivity contribution < 1.29 is 13.6 Å². The fourth-order valence-electron chi connectivity index (χ4n) is 4.72. The molecule has 2 heterocycles. The van der Waals surface area contributed by atoms with Crippen LogP contribution in [0.25, 0.3) is 11.1 Å². The number of carbonyl (C=O) groups is 1. The van der Waals surface area contributed by atoms with E-state index in [9.17, 15) is 13.6 Å². The van der Waals surface area contributed by atoms with E-state index >= 15 is 0 Å². The molecule has 0 atom stereocenters. The van der Waals surface area contributed by atoms with Crippen molar-refractivity contribution in [2.45, 2.75) is 52.6 Å². The Bertz CT molecular complexity index is 1130. The maximum atomic E-state index is 13.7. The van der Waals surface area contributed by atoms with Gasteiger partial charge in [0.05, 0.1) is 0 Å². The summed E-state index contributed by atoms with van der Waals surface area (Å²) in [5.41, 5.74) is 3.66. The molecule has 1 aliphatic heterocycles. The third-order valence-corrected chi connectivity index (χ3v) is 6.91. The highest BCUT2D eigenvalue weighted by atomic mass is 19.1. The summed E-state index contributed by atoms with van der Waals surface area (Å²) in [6.07, 6.45) is 4.77. The number of halogens is 2. The minimum atomic E-state index is -0.601. The van der Waals surface area contributed by atoms with Gasteiger partial charge in [0.25, 0.3) is 5.91 Å². The fraction of sp³-hybridized carbons (Fsp3) is 0.400. The summed E-state index contributed by atoms with van der Waals surface area (Å²) >= 11 is 0. The molecule has 3 aromatic rings. The lowest BCUT2D eigenvalue weighted by molar-refractivity contribution is 0.0540. The third-order valence-electron chi connectivity index (χ3n) is 6.91. The molecule has 1 amide bonds. The molecule has 0 spiro atoms. The Labute approximate surface area is 213 Å². The number of piperidine rings is 1. The lowest BCUT2D eigenvalue weighted by Crippen LogP contribution is -2.47. The highest BCUT2D eigenvalue weighted by Crippen LogP contribution is 2.25. The summed E-state index contributed by atoms with van der Waals surface area (Å²) in [4.78, 5) is 22.4. The van der Waals surface area contributed by atoms with E-state index in [4.69, 9.17) is 0 Å². The van der Waals surface area contributed by atoms with Gasteiger partial charge in [-0.1, -0.05) is 44.2 Å². The van der Waals surface area contributed by atoms with E-state index in [0.29, 0.717) is 23.7 Å². The number of nitrogens with zero attached hydrogens (tertiary/aromatic N) is 3. The van der Waals surface area contributed by atoms with Crippen LogP contribution in [0.5, 0.6) is 0 Å². The summed E-state index contributed by atoms with van der Waals surface area (Å²) in [6.45, 7) is 9.97. The van der Waals surface area contributed by atoms with Crippen LogP contribution < -0.4 is 0 Å². The molecule has 0 bridgehead atoms. The molecule has 1 fully saturated rings. The van der Waals surface area contributed by atoms with E-state index in [0.717, 1.165) is 55.2 Å². The van der Waals surface area contributed by atoms with Gasteiger partial charge in [-0.05, 0) is 79.1 Å². The van der Waals surface area contributed by atoms with E-state index in [1.165, 1.54) is 18.6 Å². The van der Waals surface area contributed by atoms with E-state index in [2.05, 4.69) is 23.7 Å². The predicted octanol–water partition coefficient (Wildman–Crippen LogP) is 6.49. The summed E-state index contributed by atoms with van der Waals surface area (Å²) in [6, 6.07) is 14.9. The summed E-state index contributed by atoms with van der Waals surface area (Å²) in [5, 5.41) is 0. The maximum absolute atomic E-state index is 13.7. The number of likely N-dealkylation sites (tertiary alicyclic amines) is 1. The highest BCUT2D eigenvalue weighted by molar-refractivity contribution is 5.92. The molecule has 0 aliphatic carbocycles. The fourth-order valence-corrected chi connectivity index (χ4v) is 4.72. The van der Waals surface area contributed by atoms with Crippen molar-refractivity contribution in [3.8, 4) is 11.1 Å². The topological polar surface area (TPSA) is 36.4 Å². The molecule has 190 valence electrons. The van der Waals surface area contributed by atoms with Gasteiger partial charge in [0, 0.05) is 37.9 Å². The van der Waals surface area contributed by atoms with Gasteiger partial charge in [0.15, 0.2) is 0 Å². The molecule has 1 aliphatic rings. The van der Waals surface area contributed by atoms with Crippen LogP contribution in [0.2, 0.25) is 0 Å². The molecule has 4 rings (SSSR count). The second-order valence-corrected chi connectivity index (χ2v) is 10.3. The molecule has 0 unspecified atom stereocenters. The van der Waals surface area contributed by atoms with E-state index in [-0.39, 0.29) is 11.9 Å². The summed E-state index contributed by atoms with van der Waals surface area (Å²) in [7, 11) is 0. The van der Waals surface area contributed by atoms with Crippen LogP contribution in [-0.2, 0) is 6.54 Å². The summed E-state index contributed by atoms with van der Waals surface area (Å²) in [5.74, 6) is -0.584. The third kappa shape index (κ3) is 6.76. The Morgan fingerprint density at radius 3 is 2.25 bits per heavy atom. The van der Waals surface area contributed by atoms with E-state index in [1.54, 1.807) is 12.3 Å². The van der Waals surface area contributed by atoms with Gasteiger partial charge in [-0.3, -0.25) is 9.78 Å². The second-order valence-electron chi connectivity index (χ2n) is 10.3. The minimum absolute atomic E-state index is 0.0630. The maximum Gasteiger partial charge on any atom is 0.272 e. The molecule has 1 saturated heterocycles. The van der Waals surface area contributed by atoms with Crippen LogP contribution in [0.4, 0.5) is 8.78 Å². The largest absolute Gasteiger partial charge is 0.330 e. The van der Waals surface area contributed by atoms with Crippen LogP contribution in [0.15, 0.2) is 60.8 Å². The standard InChI is InChI=1S/C30H35F2N3O/c1-21(2)10-13-34-14-11-28(12-15-34)35(30(36)29-9-4-22(3)19-33-29)20-23-5-7-24(8-6-23)25-16-26(31)18-27(32)17-25/h4-9,16-19,21,28H,10-15,20H2,1-3H3. The van der Waals surface area contributed by atoms with Gasteiger partial charge in [0.1, 0.15) is 17.3 Å². The number of rotatable bonds is 8. The number of aryl methyl sites for hydroxylation is 1. The first kappa shape index (κ1) is 26.0. The average Bonchev–Trinajstić information content (AvgIpc) is 2.86. The highest BCUT2D eigenvalue weighted by Gasteiger charge is 2.29. The van der Waals surface area contributed by atoms with Crippen molar-refractivity contribution >= 4 is 5.91 Å². The van der Waals surface area contributed by atoms with Crippen LogP contribution in [0.3, 0.4) is 0 Å². The van der Waals surface area contributed by atoms with Crippen molar-refractivity contribution in [3.63, 3.8) is 0 Å². The second kappa shape index (κ2) is 11.7. The van der Waals surface area contributed by atoms with Gasteiger partial charge in [-0.25, -0.2) is 8.78 Å². The monoisotopic (exact) mass is 491 g/mol. The Morgan fingerprint density at radius 2 is 1.67 bits per heavy atom. The molecular weight excluding hydrogens is 456 g/mol. The van der Waals surface area contributed by atoms with Crippen molar-refractivity contribution in [3.05, 3.63) is 89.2 Å². The Kier molecular flexibility index (Phi) is 8.47. The van der Waals surface area contributed by atoms with Crippen molar-refractivity contribution in [1.82, 2.24) is 14.8 Å². The first-order chi connectivity index (χ1) is 17.3. The van der Waals surface area contributed by atoms with Crippen molar-refractivity contribution in [2.24, 2.45) is 5.92 Å². The molecule has 4 nitrogen and oxygen atoms in total. The number of carbonyl (C=O) groups excluding carboxylic acids is 1. The first-order valence-electron chi connectivity index (χ1n) is 12.8. The van der Waals surface area contributed by atoms with Crippen molar-refractivity contribution in [2.75, 3.05) is 19.6 Å². The van der Waals surface area contributed by atoms with E-state index < -0.39 is 11.6 Å². The SMILES string of the molecule is Cc1ccc(C(=O)N(Cc2ccc(-c3cc(F)cc(F)c3)cc2)C2CCN(CCC(C)C)CC2)nc1. The number of pyridine rings is 1. The van der Waals surface area contributed by atoms with Crippen LogP contribution in [0.1, 0.15) is 54.7 Å². The first-order valence-corrected chi connectivity index (χ1v) is 12.8. The molecule has 0 N–H and O–H groups in total. The molecule has 0 saturated carbocycles. The smallest absolute Gasteiger partial charge is 0.272 e. The van der Waals surface area contributed by atoms with Gasteiger partial charge in [-0.2, -0.15) is 0 Å². The molecule has 1 aromatic heterocycles. The number of benzene rings is 2. The van der Waals surface area contributed by atoms with Gasteiger partial charge in [0.2, 0.25) is 0 Å². The van der Waals surface area contributed by atoms with Gasteiger partial charge in [-0.15, -0.1) is 0 Å². The Balaban J connectivity index is 1.51. The average molecular weight is 492 g/mol. The molecule has 0 radical (unpaired) electrons. The lowest BCUT2D eigenvalue weighted by atomic mass is 9.99.